The van der Waals surface area contributed by atoms with Crippen molar-refractivity contribution in [1.29, 1.82) is 0 Å². The first-order valence-corrected chi connectivity index (χ1v) is 19.7. The molecular formula is C37H41F2N5O6S2. The number of benzene rings is 2. The fraction of sp³-hybridized carbons (Fsp3) is 0.405. The molecule has 15 heteroatoms. The minimum atomic E-state index is -3.74. The van der Waals surface area contributed by atoms with Crippen LogP contribution < -0.4 is 0 Å². The summed E-state index contributed by atoms with van der Waals surface area (Å²) in [5.74, 6) is -2.46. The van der Waals surface area contributed by atoms with Gasteiger partial charge in [0.1, 0.15) is 11.6 Å². The van der Waals surface area contributed by atoms with E-state index in [0.717, 1.165) is 6.07 Å². The van der Waals surface area contributed by atoms with Gasteiger partial charge in [-0.25, -0.2) is 31.1 Å². The number of aromatic amines is 1. The number of hydrogen-bond donors (Lipinski definition) is 1. The van der Waals surface area contributed by atoms with E-state index in [9.17, 15) is 17.4 Å². The quantitative estimate of drug-likeness (QED) is 0.236. The third-order valence-corrected chi connectivity index (χ3v) is 12.9. The van der Waals surface area contributed by atoms with Crippen molar-refractivity contribution < 1.29 is 35.7 Å². The monoisotopic (exact) mass is 753 g/mol. The fourth-order valence-corrected chi connectivity index (χ4v) is 9.94. The topological polar surface area (TPSA) is 146 Å². The van der Waals surface area contributed by atoms with Crippen molar-refractivity contribution in [2.24, 2.45) is 18.4 Å². The molecule has 4 bridgehead atoms. The van der Waals surface area contributed by atoms with Gasteiger partial charge in [-0.15, -0.1) is 0 Å². The van der Waals surface area contributed by atoms with Crippen LogP contribution in [-0.4, -0.2) is 75.2 Å². The summed E-state index contributed by atoms with van der Waals surface area (Å²) in [6.45, 7) is 7.16. The Morgan fingerprint density at radius 1 is 1.10 bits per heavy atom. The number of nitrogens with zero attached hydrogens (tertiary/aromatic N) is 4. The molecule has 0 spiro atoms. The Morgan fingerprint density at radius 3 is 2.62 bits per heavy atom. The highest BCUT2D eigenvalue weighted by Gasteiger charge is 2.38. The Labute approximate surface area is 303 Å². The van der Waals surface area contributed by atoms with Crippen LogP contribution >= 0.6 is 0 Å². The molecule has 1 N–H and O–H groups in total. The van der Waals surface area contributed by atoms with Gasteiger partial charge in [-0.2, -0.15) is 5.10 Å². The molecule has 11 nitrogen and oxygen atoms in total. The zero-order valence-electron chi connectivity index (χ0n) is 29.8. The van der Waals surface area contributed by atoms with Crippen LogP contribution in [0.4, 0.5) is 8.78 Å². The molecule has 3 atom stereocenters. The molecule has 0 radical (unpaired) electrons. The molecule has 0 fully saturated rings. The highest BCUT2D eigenvalue weighted by atomic mass is 32.2. The summed E-state index contributed by atoms with van der Waals surface area (Å²) in [6, 6.07) is 12.1. The van der Waals surface area contributed by atoms with E-state index < -0.39 is 49.0 Å². The average molecular weight is 754 g/mol. The number of sulfone groups is 1. The lowest BCUT2D eigenvalue weighted by atomic mass is 9.85. The number of aryl methyl sites for hydroxylation is 2. The Kier molecular flexibility index (Phi) is 10.2. The average Bonchev–Trinajstić information content (AvgIpc) is 3.72. The van der Waals surface area contributed by atoms with Crippen LogP contribution in [0.1, 0.15) is 50.5 Å². The van der Waals surface area contributed by atoms with E-state index in [-0.39, 0.29) is 64.1 Å². The molecule has 0 aliphatic carbocycles. The van der Waals surface area contributed by atoms with Gasteiger partial charge in [0, 0.05) is 46.6 Å². The van der Waals surface area contributed by atoms with E-state index in [0.29, 0.717) is 34.3 Å². The summed E-state index contributed by atoms with van der Waals surface area (Å²) >= 11 is 0. The van der Waals surface area contributed by atoms with Crippen LogP contribution in [0, 0.1) is 23.0 Å². The summed E-state index contributed by atoms with van der Waals surface area (Å²) in [6.07, 6.45) is 1.82. The third-order valence-electron chi connectivity index (χ3n) is 9.35. The first-order chi connectivity index (χ1) is 24.5. The number of fused-ring (bicyclic) bond motifs is 8. The lowest BCUT2D eigenvalue weighted by Crippen LogP contribution is -2.36. The number of esters is 1. The second kappa shape index (κ2) is 14.2. The normalized spacial score (nSPS) is 21.1. The maximum atomic E-state index is 15.9. The molecule has 3 aromatic heterocycles. The maximum Gasteiger partial charge on any atom is 0.308 e. The van der Waals surface area contributed by atoms with Gasteiger partial charge in [-0.1, -0.05) is 26.8 Å². The lowest BCUT2D eigenvalue weighted by molar-refractivity contribution is -0.144. The van der Waals surface area contributed by atoms with Crippen molar-refractivity contribution in [3.63, 3.8) is 0 Å². The minimum absolute atomic E-state index is 0.0153. The van der Waals surface area contributed by atoms with Crippen molar-refractivity contribution in [1.82, 2.24) is 24.7 Å². The molecule has 1 aliphatic rings. The van der Waals surface area contributed by atoms with Gasteiger partial charge in [0.15, 0.2) is 21.5 Å². The summed E-state index contributed by atoms with van der Waals surface area (Å²) in [7, 11) is -2.98. The van der Waals surface area contributed by atoms with E-state index in [1.807, 2.05) is 6.92 Å². The number of ether oxygens (including phenoxy) is 2. The molecule has 0 saturated heterocycles. The maximum absolute atomic E-state index is 15.9. The van der Waals surface area contributed by atoms with Crippen LogP contribution in [0.25, 0.3) is 22.3 Å². The number of halogens is 2. The molecule has 276 valence electrons. The largest absolute Gasteiger partial charge is 0.469 e. The van der Waals surface area contributed by atoms with Gasteiger partial charge in [0.05, 0.1) is 70.1 Å². The number of methoxy groups -OCH3 is 1. The first-order valence-electron chi connectivity index (χ1n) is 16.8. The number of carbonyl (C=O) groups excluding carboxylic acids is 1. The van der Waals surface area contributed by atoms with Gasteiger partial charge in [0.2, 0.25) is 0 Å². The SMILES string of the molecule is COC(=O)[C@@H](C)Cc1cccc(C2(C)COCC(C)(C)CS(=O)(=O)CCc3c(c(F)cc4[nH]ccc34)S(=O)c3ccc(F)c(c3)-c3nc2nn3C)n1. The van der Waals surface area contributed by atoms with Crippen LogP contribution in [-0.2, 0) is 60.2 Å². The molecule has 2 unspecified atom stereocenters. The summed E-state index contributed by atoms with van der Waals surface area (Å²) in [4.78, 5) is 24.7. The molecule has 0 saturated carbocycles. The number of carbonyl (C=O) groups is 1. The second-order valence-electron chi connectivity index (χ2n) is 14.4. The van der Waals surface area contributed by atoms with E-state index in [1.165, 1.54) is 30.0 Å². The Morgan fingerprint density at radius 2 is 1.87 bits per heavy atom. The Hall–Kier alpha value is -4.34. The zero-order chi connectivity index (χ0) is 37.6. The molecule has 4 heterocycles. The van der Waals surface area contributed by atoms with Crippen molar-refractivity contribution in [2.75, 3.05) is 31.8 Å². The molecule has 0 amide bonds. The van der Waals surface area contributed by atoms with Gasteiger partial charge in [-0.05, 0) is 61.4 Å². The van der Waals surface area contributed by atoms with Crippen LogP contribution in [0.5, 0.6) is 0 Å². The Balaban J connectivity index is 1.52. The van der Waals surface area contributed by atoms with Crippen molar-refractivity contribution in [2.45, 2.75) is 55.7 Å². The number of hydrogen-bond acceptors (Lipinski definition) is 9. The second-order valence-corrected chi connectivity index (χ2v) is 18.0. The number of rotatable bonds is 4. The minimum Gasteiger partial charge on any atom is -0.469 e. The molecular weight excluding hydrogens is 713 g/mol. The lowest BCUT2D eigenvalue weighted by Gasteiger charge is -2.30. The van der Waals surface area contributed by atoms with Crippen molar-refractivity contribution in [3.05, 3.63) is 89.1 Å². The number of nitrogens with one attached hydrogen (secondary N) is 1. The van der Waals surface area contributed by atoms with Crippen molar-refractivity contribution >= 4 is 37.5 Å². The van der Waals surface area contributed by atoms with Crippen LogP contribution in [0.2, 0.25) is 0 Å². The third kappa shape index (κ3) is 7.44. The number of H-pyrrole nitrogens is 1. The molecule has 1 aliphatic heterocycles. The number of pyridine rings is 1. The van der Waals surface area contributed by atoms with Gasteiger partial charge < -0.3 is 14.5 Å². The van der Waals surface area contributed by atoms with Crippen molar-refractivity contribution in [3.8, 4) is 11.4 Å². The summed E-state index contributed by atoms with van der Waals surface area (Å²) < 4.78 is 85.7. The van der Waals surface area contributed by atoms with Gasteiger partial charge in [-0.3, -0.25) is 9.78 Å². The predicted molar refractivity (Wildman–Crippen MR) is 192 cm³/mol. The Bertz CT molecular complexity index is 2300. The number of aromatic nitrogens is 5. The van der Waals surface area contributed by atoms with E-state index in [2.05, 4.69) is 4.98 Å². The highest BCUT2D eigenvalue weighted by Crippen LogP contribution is 2.36. The molecule has 6 rings (SSSR count). The highest BCUT2D eigenvalue weighted by molar-refractivity contribution is 7.91. The predicted octanol–water partition coefficient (Wildman–Crippen LogP) is 5.47. The first kappa shape index (κ1) is 37.4. The van der Waals surface area contributed by atoms with E-state index in [4.69, 9.17) is 24.5 Å². The van der Waals surface area contributed by atoms with E-state index in [1.54, 1.807) is 58.3 Å². The molecule has 5 aromatic rings. The molecule has 52 heavy (non-hydrogen) atoms. The summed E-state index contributed by atoms with van der Waals surface area (Å²) in [5, 5.41) is 5.24. The fourth-order valence-electron chi connectivity index (χ4n) is 6.68. The van der Waals surface area contributed by atoms with Gasteiger partial charge >= 0.3 is 5.97 Å². The zero-order valence-corrected chi connectivity index (χ0v) is 31.5. The van der Waals surface area contributed by atoms with Crippen LogP contribution in [0.3, 0.4) is 0 Å². The standard InChI is InChI=1S/C37H41F2N5O6S2/c1-22(34(45)49-6)16-23-8-7-9-31(41-23)37(4)20-50-19-36(2,3)21-52(47,48)15-13-26-25-12-14-40-30(25)18-29(39)32(26)51(46)24-10-11-28(38)27(17-24)33-42-35(37)43-44(33)5/h7-12,14,17-18,22,40H,13,15-16,19-21H2,1-6H3/t22-,37?,51?/m0/s1. The van der Waals surface area contributed by atoms with E-state index >= 15 is 8.78 Å². The summed E-state index contributed by atoms with van der Waals surface area (Å²) in [5.41, 5.74) is -0.140. The smallest absolute Gasteiger partial charge is 0.308 e. The van der Waals surface area contributed by atoms with Gasteiger partial charge in [0.25, 0.3) is 0 Å². The van der Waals surface area contributed by atoms with Crippen LogP contribution in [0.15, 0.2) is 64.5 Å². The molecule has 2 aromatic carbocycles.